The molecule has 0 aliphatic rings. The number of aryl methyl sites for hydroxylation is 1. The van der Waals surface area contributed by atoms with Crippen LogP contribution in [0.1, 0.15) is 41.2 Å². The SMILES string of the molecule is Cc1nn(Cc2cccc(Br)c2)c(C)c1C(=O)NCC(C)(C)N.Cl. The molecule has 0 bridgehead atoms. The Bertz CT molecular complexity index is 722. The zero-order valence-corrected chi connectivity index (χ0v) is 16.8. The summed E-state index contributed by atoms with van der Waals surface area (Å²) >= 11 is 3.47. The first-order chi connectivity index (χ1) is 10.7. The number of rotatable bonds is 5. The molecular weight excluding hydrogens is 392 g/mol. The van der Waals surface area contributed by atoms with Crippen molar-refractivity contribution < 1.29 is 4.79 Å². The third kappa shape index (κ3) is 5.33. The van der Waals surface area contributed by atoms with E-state index in [4.69, 9.17) is 5.73 Å². The van der Waals surface area contributed by atoms with Crippen LogP contribution in [0.25, 0.3) is 0 Å². The molecule has 0 spiro atoms. The van der Waals surface area contributed by atoms with Gasteiger partial charge in [-0.2, -0.15) is 5.10 Å². The van der Waals surface area contributed by atoms with Gasteiger partial charge in [-0.15, -0.1) is 12.4 Å². The molecule has 0 saturated heterocycles. The zero-order chi connectivity index (χ0) is 17.2. The Balaban J connectivity index is 0.00000288. The van der Waals surface area contributed by atoms with E-state index in [1.54, 1.807) is 0 Å². The van der Waals surface area contributed by atoms with Crippen LogP contribution >= 0.6 is 28.3 Å². The standard InChI is InChI=1S/C17H23BrN4O.ClH/c1-11-15(16(23)20-10-17(3,4)19)12(2)22(21-11)9-13-6-5-7-14(18)8-13;/h5-8H,9-10,19H2,1-4H3,(H,20,23);1H. The molecule has 1 aromatic heterocycles. The maximum atomic E-state index is 12.4. The molecule has 2 aromatic rings. The van der Waals surface area contributed by atoms with E-state index in [1.807, 2.05) is 56.6 Å². The molecule has 7 heteroatoms. The molecule has 5 nitrogen and oxygen atoms in total. The lowest BCUT2D eigenvalue weighted by molar-refractivity contribution is 0.0944. The van der Waals surface area contributed by atoms with Crippen LogP contribution in [0.4, 0.5) is 0 Å². The van der Waals surface area contributed by atoms with Crippen molar-refractivity contribution in [1.29, 1.82) is 0 Å². The molecule has 0 aliphatic heterocycles. The largest absolute Gasteiger partial charge is 0.350 e. The summed E-state index contributed by atoms with van der Waals surface area (Å²) in [7, 11) is 0. The number of aromatic nitrogens is 2. The predicted molar refractivity (Wildman–Crippen MR) is 103 cm³/mol. The van der Waals surface area contributed by atoms with Crippen molar-refractivity contribution in [3.8, 4) is 0 Å². The summed E-state index contributed by atoms with van der Waals surface area (Å²) in [6.07, 6.45) is 0. The Morgan fingerprint density at radius 2 is 2.04 bits per heavy atom. The molecule has 0 radical (unpaired) electrons. The van der Waals surface area contributed by atoms with Crippen molar-refractivity contribution >= 4 is 34.2 Å². The van der Waals surface area contributed by atoms with Gasteiger partial charge in [0.15, 0.2) is 0 Å². The fourth-order valence-electron chi connectivity index (χ4n) is 2.38. The van der Waals surface area contributed by atoms with E-state index in [9.17, 15) is 4.79 Å². The van der Waals surface area contributed by atoms with E-state index in [1.165, 1.54) is 0 Å². The van der Waals surface area contributed by atoms with Gasteiger partial charge in [0, 0.05) is 22.3 Å². The van der Waals surface area contributed by atoms with Crippen molar-refractivity contribution in [1.82, 2.24) is 15.1 Å². The van der Waals surface area contributed by atoms with Gasteiger partial charge < -0.3 is 11.1 Å². The average molecular weight is 416 g/mol. The maximum Gasteiger partial charge on any atom is 0.255 e. The molecule has 0 fully saturated rings. The second-order valence-corrected chi connectivity index (χ2v) is 7.42. The lowest BCUT2D eigenvalue weighted by Crippen LogP contribution is -2.45. The van der Waals surface area contributed by atoms with Crippen LogP contribution in [-0.4, -0.2) is 27.8 Å². The smallest absolute Gasteiger partial charge is 0.255 e. The Morgan fingerprint density at radius 1 is 1.38 bits per heavy atom. The minimum atomic E-state index is -0.441. The van der Waals surface area contributed by atoms with Crippen LogP contribution in [0.2, 0.25) is 0 Å². The van der Waals surface area contributed by atoms with Gasteiger partial charge >= 0.3 is 0 Å². The molecular formula is C17H24BrClN4O. The molecule has 1 aromatic carbocycles. The molecule has 24 heavy (non-hydrogen) atoms. The minimum absolute atomic E-state index is 0. The third-order valence-electron chi connectivity index (χ3n) is 3.53. The van der Waals surface area contributed by atoms with Crippen LogP contribution in [-0.2, 0) is 6.54 Å². The van der Waals surface area contributed by atoms with E-state index in [2.05, 4.69) is 26.3 Å². The van der Waals surface area contributed by atoms with E-state index in [0.717, 1.165) is 21.4 Å². The highest BCUT2D eigenvalue weighted by molar-refractivity contribution is 9.10. The summed E-state index contributed by atoms with van der Waals surface area (Å²) in [5.74, 6) is -0.126. The Morgan fingerprint density at radius 3 is 2.62 bits per heavy atom. The number of nitrogens with zero attached hydrogens (tertiary/aromatic N) is 2. The lowest BCUT2D eigenvalue weighted by Gasteiger charge is -2.18. The van der Waals surface area contributed by atoms with Crippen molar-refractivity contribution in [2.24, 2.45) is 5.73 Å². The van der Waals surface area contributed by atoms with Gasteiger partial charge in [-0.25, -0.2) is 0 Å². The zero-order valence-electron chi connectivity index (χ0n) is 14.4. The van der Waals surface area contributed by atoms with Crippen molar-refractivity contribution in [2.75, 3.05) is 6.54 Å². The normalized spacial score (nSPS) is 11.1. The topological polar surface area (TPSA) is 72.9 Å². The number of carbonyl (C=O) groups excluding carboxylic acids is 1. The Hall–Kier alpha value is -1.37. The lowest BCUT2D eigenvalue weighted by atomic mass is 10.1. The van der Waals surface area contributed by atoms with Gasteiger partial charge in [-0.05, 0) is 45.4 Å². The van der Waals surface area contributed by atoms with Gasteiger partial charge in [-0.3, -0.25) is 9.48 Å². The quantitative estimate of drug-likeness (QED) is 0.787. The van der Waals surface area contributed by atoms with Gasteiger partial charge in [0.05, 0.1) is 17.8 Å². The highest BCUT2D eigenvalue weighted by atomic mass is 79.9. The minimum Gasteiger partial charge on any atom is -0.350 e. The van der Waals surface area contributed by atoms with Crippen LogP contribution in [0.3, 0.4) is 0 Å². The molecule has 0 unspecified atom stereocenters. The maximum absolute atomic E-state index is 12.4. The number of benzene rings is 1. The first-order valence-corrected chi connectivity index (χ1v) is 8.32. The predicted octanol–water partition coefficient (Wildman–Crippen LogP) is 3.20. The molecule has 0 saturated carbocycles. The number of nitrogens with one attached hydrogen (secondary N) is 1. The summed E-state index contributed by atoms with van der Waals surface area (Å²) in [6, 6.07) is 8.06. The van der Waals surface area contributed by atoms with E-state index >= 15 is 0 Å². The second kappa shape index (κ2) is 8.14. The molecule has 2 rings (SSSR count). The van der Waals surface area contributed by atoms with Crippen molar-refractivity contribution in [3.63, 3.8) is 0 Å². The fourth-order valence-corrected chi connectivity index (χ4v) is 2.83. The fraction of sp³-hybridized carbons (Fsp3) is 0.412. The monoisotopic (exact) mass is 414 g/mol. The highest BCUT2D eigenvalue weighted by Crippen LogP contribution is 2.17. The second-order valence-electron chi connectivity index (χ2n) is 6.50. The molecule has 132 valence electrons. The molecule has 3 N–H and O–H groups in total. The van der Waals surface area contributed by atoms with Crippen LogP contribution < -0.4 is 11.1 Å². The highest BCUT2D eigenvalue weighted by Gasteiger charge is 2.20. The summed E-state index contributed by atoms with van der Waals surface area (Å²) in [4.78, 5) is 12.4. The number of nitrogens with two attached hydrogens (primary N) is 1. The first kappa shape index (κ1) is 20.7. The van der Waals surface area contributed by atoms with Gasteiger partial charge in [0.1, 0.15) is 0 Å². The number of hydrogen-bond acceptors (Lipinski definition) is 3. The Kier molecular flexibility index (Phi) is 7.01. The number of carbonyl (C=O) groups is 1. The number of hydrogen-bond donors (Lipinski definition) is 2. The summed E-state index contributed by atoms with van der Waals surface area (Å²) in [5, 5.41) is 7.39. The van der Waals surface area contributed by atoms with Crippen molar-refractivity contribution in [3.05, 3.63) is 51.3 Å². The number of amides is 1. The van der Waals surface area contributed by atoms with Gasteiger partial charge in [-0.1, -0.05) is 28.1 Å². The molecule has 0 atom stereocenters. The average Bonchev–Trinajstić information content (AvgIpc) is 2.70. The van der Waals surface area contributed by atoms with Crippen LogP contribution in [0.15, 0.2) is 28.7 Å². The third-order valence-corrected chi connectivity index (χ3v) is 4.03. The van der Waals surface area contributed by atoms with Gasteiger partial charge in [0.25, 0.3) is 5.91 Å². The summed E-state index contributed by atoms with van der Waals surface area (Å²) in [6.45, 7) is 8.57. The molecule has 0 aliphatic carbocycles. The van der Waals surface area contributed by atoms with Gasteiger partial charge in [0.2, 0.25) is 0 Å². The summed E-state index contributed by atoms with van der Waals surface area (Å²) in [5.41, 5.74) is 8.82. The van der Waals surface area contributed by atoms with Crippen LogP contribution in [0.5, 0.6) is 0 Å². The number of halogens is 2. The molecule has 1 heterocycles. The van der Waals surface area contributed by atoms with E-state index in [-0.39, 0.29) is 18.3 Å². The first-order valence-electron chi connectivity index (χ1n) is 7.53. The van der Waals surface area contributed by atoms with Crippen molar-refractivity contribution in [2.45, 2.75) is 39.8 Å². The molecule has 1 amide bonds. The Labute approximate surface area is 157 Å². The van der Waals surface area contributed by atoms with E-state index in [0.29, 0.717) is 18.7 Å². The van der Waals surface area contributed by atoms with E-state index < -0.39 is 5.54 Å². The van der Waals surface area contributed by atoms with Crippen LogP contribution in [0, 0.1) is 13.8 Å². The summed E-state index contributed by atoms with van der Waals surface area (Å²) < 4.78 is 2.89.